The van der Waals surface area contributed by atoms with E-state index in [1.54, 1.807) is 16.5 Å². The van der Waals surface area contributed by atoms with Crippen LogP contribution >= 0.6 is 24.0 Å². The lowest BCUT2D eigenvalue weighted by Gasteiger charge is -2.10. The van der Waals surface area contributed by atoms with Crippen LogP contribution in [0.15, 0.2) is 60.0 Å². The Labute approximate surface area is 123 Å². The molecule has 0 fully saturated rings. The highest BCUT2D eigenvalue weighted by molar-refractivity contribution is 8.20. The van der Waals surface area contributed by atoms with E-state index < -0.39 is 0 Å². The van der Waals surface area contributed by atoms with Crippen molar-refractivity contribution < 1.29 is 0 Å². The highest BCUT2D eigenvalue weighted by Gasteiger charge is 2.00. The van der Waals surface area contributed by atoms with E-state index in [4.69, 9.17) is 12.2 Å². The maximum absolute atomic E-state index is 4.90. The Morgan fingerprint density at radius 2 is 1.84 bits per heavy atom. The smallest absolute Gasteiger partial charge is 0.0484 e. The first-order valence-electron chi connectivity index (χ1n) is 5.98. The summed E-state index contributed by atoms with van der Waals surface area (Å²) in [4.78, 5) is 1.15. The number of hydrogen-bond acceptors (Lipinski definition) is 3. The number of nitrogens with one attached hydrogen (secondary N) is 1. The van der Waals surface area contributed by atoms with E-state index in [0.29, 0.717) is 0 Å². The third kappa shape index (κ3) is 3.94. The van der Waals surface area contributed by atoms with Crippen molar-refractivity contribution in [3.8, 4) is 0 Å². The van der Waals surface area contributed by atoms with Crippen LogP contribution in [0.4, 0.5) is 5.69 Å². The zero-order chi connectivity index (χ0) is 13.5. The molecule has 0 unspecified atom stereocenters. The molecule has 0 amide bonds. The lowest BCUT2D eigenvalue weighted by atomic mass is 10.1. The molecule has 0 bridgehead atoms. The van der Waals surface area contributed by atoms with Crippen molar-refractivity contribution in [2.24, 2.45) is 0 Å². The summed E-state index contributed by atoms with van der Waals surface area (Å²) in [6.07, 6.45) is 1.85. The van der Waals surface area contributed by atoms with E-state index in [1.807, 2.05) is 18.2 Å². The van der Waals surface area contributed by atoms with E-state index in [9.17, 15) is 0 Å². The molecule has 0 spiro atoms. The Morgan fingerprint density at radius 3 is 2.53 bits per heavy atom. The molecule has 0 aliphatic rings. The van der Waals surface area contributed by atoms with Crippen LogP contribution in [0.2, 0.25) is 0 Å². The molecule has 0 atom stereocenters. The third-order valence-electron chi connectivity index (χ3n) is 2.76. The molecule has 96 valence electrons. The van der Waals surface area contributed by atoms with Gasteiger partial charge in [0.2, 0.25) is 0 Å². The normalized spacial score (nSPS) is 9.89. The van der Waals surface area contributed by atoms with Gasteiger partial charge < -0.3 is 5.32 Å². The topological polar surface area (TPSA) is 12.0 Å². The van der Waals surface area contributed by atoms with Crippen molar-refractivity contribution in [1.29, 1.82) is 0 Å². The second-order valence-corrected chi connectivity index (χ2v) is 5.45. The van der Waals surface area contributed by atoms with Gasteiger partial charge in [-0.05, 0) is 23.3 Å². The van der Waals surface area contributed by atoms with Crippen molar-refractivity contribution >= 4 is 40.4 Å². The lowest BCUT2D eigenvalue weighted by Crippen LogP contribution is -2.00. The number of thioether (sulfide) groups is 1. The van der Waals surface area contributed by atoms with Gasteiger partial charge >= 0.3 is 0 Å². The van der Waals surface area contributed by atoms with Crippen LogP contribution < -0.4 is 5.32 Å². The SMILES string of the molecule is C=Cc1ccc(CNc2ccccc2SC=S)cc1. The molecule has 3 heteroatoms. The monoisotopic (exact) mass is 285 g/mol. The molecule has 19 heavy (non-hydrogen) atoms. The molecule has 0 aliphatic carbocycles. The summed E-state index contributed by atoms with van der Waals surface area (Å²) in [7, 11) is 0. The average molecular weight is 285 g/mol. The maximum Gasteiger partial charge on any atom is 0.0484 e. The summed E-state index contributed by atoms with van der Waals surface area (Å²) in [5.74, 6) is 0. The van der Waals surface area contributed by atoms with Crippen LogP contribution in [0.25, 0.3) is 6.08 Å². The maximum atomic E-state index is 4.90. The van der Waals surface area contributed by atoms with Gasteiger partial charge in [0.1, 0.15) is 0 Å². The van der Waals surface area contributed by atoms with E-state index in [0.717, 1.165) is 22.7 Å². The predicted octanol–water partition coefficient (Wildman–Crippen LogP) is 4.99. The molecule has 1 N–H and O–H groups in total. The molecule has 1 nitrogen and oxygen atoms in total. The summed E-state index contributed by atoms with van der Waals surface area (Å²) < 4.78 is 1.68. The van der Waals surface area contributed by atoms with Gasteiger partial charge in [-0.1, -0.05) is 73.0 Å². The lowest BCUT2D eigenvalue weighted by molar-refractivity contribution is 1.13. The quantitative estimate of drug-likeness (QED) is 0.593. The molecule has 0 radical (unpaired) electrons. The molecule has 0 aromatic heterocycles. The molecule has 0 heterocycles. The Bertz CT molecular complexity index is 561. The Morgan fingerprint density at radius 1 is 1.11 bits per heavy atom. The molecule has 2 rings (SSSR count). The number of thiocarbonyl (C=S) groups is 1. The van der Waals surface area contributed by atoms with Crippen molar-refractivity contribution in [1.82, 2.24) is 0 Å². The first-order valence-corrected chi connectivity index (χ1v) is 7.33. The predicted molar refractivity (Wildman–Crippen MR) is 89.8 cm³/mol. The van der Waals surface area contributed by atoms with Gasteiger partial charge in [0.05, 0.1) is 0 Å². The van der Waals surface area contributed by atoms with Gasteiger partial charge in [0.15, 0.2) is 0 Å². The van der Waals surface area contributed by atoms with Crippen LogP contribution in [0, 0.1) is 0 Å². The third-order valence-corrected chi connectivity index (χ3v) is 3.76. The zero-order valence-electron chi connectivity index (χ0n) is 10.5. The highest BCUT2D eigenvalue weighted by Crippen LogP contribution is 2.25. The molecular weight excluding hydrogens is 270 g/mol. The summed E-state index contributed by atoms with van der Waals surface area (Å²) in [6, 6.07) is 16.5. The summed E-state index contributed by atoms with van der Waals surface area (Å²) >= 11 is 6.46. The number of benzene rings is 2. The standard InChI is InChI=1S/C16H15NS2/c1-2-13-7-9-14(10-8-13)11-17-15-5-3-4-6-16(15)19-12-18/h2-10,12,17H,1,11H2. The van der Waals surface area contributed by atoms with Gasteiger partial charge in [-0.25, -0.2) is 0 Å². The number of para-hydroxylation sites is 1. The van der Waals surface area contributed by atoms with Crippen LogP contribution in [-0.4, -0.2) is 4.70 Å². The highest BCUT2D eigenvalue weighted by atomic mass is 32.2. The molecule has 2 aromatic rings. The van der Waals surface area contributed by atoms with E-state index >= 15 is 0 Å². The van der Waals surface area contributed by atoms with Crippen LogP contribution in [0.5, 0.6) is 0 Å². The van der Waals surface area contributed by atoms with Crippen molar-refractivity contribution in [2.75, 3.05) is 5.32 Å². The molecule has 2 aromatic carbocycles. The minimum absolute atomic E-state index is 0.798. The summed E-state index contributed by atoms with van der Waals surface area (Å²) in [5.41, 5.74) is 3.49. The summed E-state index contributed by atoms with van der Waals surface area (Å²) in [6.45, 7) is 4.55. The number of rotatable bonds is 6. The van der Waals surface area contributed by atoms with Gasteiger partial charge in [-0.15, -0.1) is 0 Å². The van der Waals surface area contributed by atoms with Crippen molar-refractivity contribution in [3.63, 3.8) is 0 Å². The van der Waals surface area contributed by atoms with Gasteiger partial charge in [-0.2, -0.15) is 0 Å². The fourth-order valence-corrected chi connectivity index (χ4v) is 2.58. The van der Waals surface area contributed by atoms with Crippen LogP contribution in [0.1, 0.15) is 11.1 Å². The first-order chi connectivity index (χ1) is 9.33. The van der Waals surface area contributed by atoms with Crippen LogP contribution in [-0.2, 0) is 6.54 Å². The van der Waals surface area contributed by atoms with Crippen LogP contribution in [0.3, 0.4) is 0 Å². The van der Waals surface area contributed by atoms with Gasteiger partial charge in [-0.3, -0.25) is 0 Å². The fraction of sp³-hybridized carbons (Fsp3) is 0.0625. The van der Waals surface area contributed by atoms with Gasteiger partial charge in [0, 0.05) is 21.8 Å². The van der Waals surface area contributed by atoms with E-state index in [-0.39, 0.29) is 0 Å². The Hall–Kier alpha value is -1.58. The number of anilines is 1. The minimum atomic E-state index is 0.798. The first kappa shape index (κ1) is 13.8. The molecule has 0 aliphatic heterocycles. The second kappa shape index (κ2) is 7.12. The zero-order valence-corrected chi connectivity index (χ0v) is 12.1. The second-order valence-electron chi connectivity index (χ2n) is 4.01. The summed E-state index contributed by atoms with van der Waals surface area (Å²) in [5, 5.41) is 3.44. The number of hydrogen-bond donors (Lipinski definition) is 1. The van der Waals surface area contributed by atoms with Gasteiger partial charge in [0.25, 0.3) is 0 Å². The molecule has 0 saturated heterocycles. The van der Waals surface area contributed by atoms with Crippen molar-refractivity contribution in [3.05, 3.63) is 66.2 Å². The Balaban J connectivity index is 2.05. The molecular formula is C16H15NS2. The fourth-order valence-electron chi connectivity index (χ4n) is 1.74. The average Bonchev–Trinajstić information content (AvgIpc) is 2.47. The minimum Gasteiger partial charge on any atom is -0.380 e. The Kier molecular flexibility index (Phi) is 5.19. The molecule has 0 saturated carbocycles. The van der Waals surface area contributed by atoms with E-state index in [1.165, 1.54) is 5.56 Å². The van der Waals surface area contributed by atoms with E-state index in [2.05, 4.69) is 48.3 Å². The van der Waals surface area contributed by atoms with Crippen molar-refractivity contribution in [2.45, 2.75) is 11.4 Å². The largest absolute Gasteiger partial charge is 0.380 e.